The Morgan fingerprint density at radius 3 is 2.32 bits per heavy atom. The summed E-state index contributed by atoms with van der Waals surface area (Å²) >= 11 is 0. The number of nitrogens with one attached hydrogen (secondary N) is 1. The first-order chi connectivity index (χ1) is 16.4. The Bertz CT molecular complexity index is 1030. The maximum atomic E-state index is 12.9. The molecule has 8 heteroatoms. The minimum Gasteiger partial charge on any atom is -0.480 e. The van der Waals surface area contributed by atoms with Crippen molar-refractivity contribution in [1.29, 1.82) is 0 Å². The molecule has 1 aliphatic heterocycles. The number of ether oxygens (including phenoxy) is 2. The number of aliphatic carboxylic acids is 1. The zero-order valence-corrected chi connectivity index (χ0v) is 19.4. The standard InChI is InChI=1S/C26H30N2O6/c1-3-28(16(2)25(30)31)24(29)23-17(12-13-33-23)14-27-26(32)34-15-22-20-10-6-4-8-18(20)19-9-5-7-11-21(19)22/h4-11,16-17,22-23H,3,12-15H2,1-2H3,(H,27,32)(H,30,31). The molecule has 34 heavy (non-hydrogen) atoms. The summed E-state index contributed by atoms with van der Waals surface area (Å²) in [4.78, 5) is 38.0. The van der Waals surface area contributed by atoms with Crippen molar-refractivity contribution in [3.8, 4) is 11.1 Å². The van der Waals surface area contributed by atoms with E-state index in [1.54, 1.807) is 6.92 Å². The number of carbonyl (C=O) groups excluding carboxylic acids is 2. The van der Waals surface area contributed by atoms with Gasteiger partial charge >= 0.3 is 12.1 Å². The molecule has 1 fully saturated rings. The summed E-state index contributed by atoms with van der Waals surface area (Å²) in [5, 5.41) is 12.0. The second-order valence-electron chi connectivity index (χ2n) is 8.69. The fraction of sp³-hybridized carbons (Fsp3) is 0.423. The molecule has 2 aliphatic rings. The highest BCUT2D eigenvalue weighted by Crippen LogP contribution is 2.44. The van der Waals surface area contributed by atoms with Gasteiger partial charge in [0.2, 0.25) is 0 Å². The van der Waals surface area contributed by atoms with Crippen LogP contribution in [0.3, 0.4) is 0 Å². The van der Waals surface area contributed by atoms with Crippen LogP contribution in [0.2, 0.25) is 0 Å². The molecule has 0 aromatic heterocycles. The summed E-state index contributed by atoms with van der Waals surface area (Å²) in [5.74, 6) is -1.71. The van der Waals surface area contributed by atoms with Crippen LogP contribution < -0.4 is 5.32 Å². The van der Waals surface area contributed by atoms with E-state index in [2.05, 4.69) is 29.6 Å². The van der Waals surface area contributed by atoms with E-state index in [4.69, 9.17) is 9.47 Å². The molecule has 2 amide bonds. The van der Waals surface area contributed by atoms with Gasteiger partial charge in [0.05, 0.1) is 0 Å². The number of fused-ring (bicyclic) bond motifs is 3. The van der Waals surface area contributed by atoms with Gasteiger partial charge in [-0.05, 0) is 42.5 Å². The van der Waals surface area contributed by atoms with E-state index in [0.29, 0.717) is 13.0 Å². The number of amides is 2. The summed E-state index contributed by atoms with van der Waals surface area (Å²) in [6.07, 6.45) is -0.735. The third-order valence-electron chi connectivity index (χ3n) is 6.76. The van der Waals surface area contributed by atoms with Gasteiger partial charge in [-0.25, -0.2) is 9.59 Å². The number of nitrogens with zero attached hydrogens (tertiary/aromatic N) is 1. The van der Waals surface area contributed by atoms with E-state index in [1.807, 2.05) is 24.3 Å². The lowest BCUT2D eigenvalue weighted by atomic mass is 9.98. The molecular formula is C26H30N2O6. The molecule has 0 bridgehead atoms. The lowest BCUT2D eigenvalue weighted by Gasteiger charge is -2.29. The minimum absolute atomic E-state index is 0.0297. The highest BCUT2D eigenvalue weighted by Gasteiger charge is 2.39. The van der Waals surface area contributed by atoms with E-state index >= 15 is 0 Å². The zero-order valence-electron chi connectivity index (χ0n) is 19.4. The highest BCUT2D eigenvalue weighted by atomic mass is 16.5. The Labute approximate surface area is 198 Å². The van der Waals surface area contributed by atoms with Crippen LogP contribution in [0.4, 0.5) is 4.79 Å². The maximum absolute atomic E-state index is 12.9. The fourth-order valence-corrected chi connectivity index (χ4v) is 4.90. The summed E-state index contributed by atoms with van der Waals surface area (Å²) in [6.45, 7) is 4.28. The molecule has 3 unspecified atom stereocenters. The molecule has 0 radical (unpaired) electrons. The molecular weight excluding hydrogens is 436 g/mol. The first-order valence-electron chi connectivity index (χ1n) is 11.7. The van der Waals surface area contributed by atoms with Crippen LogP contribution in [-0.2, 0) is 19.1 Å². The molecule has 2 aromatic carbocycles. The Hall–Kier alpha value is -3.39. The topological polar surface area (TPSA) is 105 Å². The van der Waals surface area contributed by atoms with Crippen LogP contribution in [0.5, 0.6) is 0 Å². The number of hydrogen-bond acceptors (Lipinski definition) is 5. The Balaban J connectivity index is 1.34. The summed E-state index contributed by atoms with van der Waals surface area (Å²) in [7, 11) is 0. The quantitative estimate of drug-likeness (QED) is 0.619. The zero-order chi connectivity index (χ0) is 24.2. The van der Waals surface area contributed by atoms with Gasteiger partial charge < -0.3 is 24.8 Å². The molecule has 180 valence electrons. The average molecular weight is 467 g/mol. The monoisotopic (exact) mass is 466 g/mol. The summed E-state index contributed by atoms with van der Waals surface area (Å²) in [5.41, 5.74) is 4.59. The molecule has 8 nitrogen and oxygen atoms in total. The largest absolute Gasteiger partial charge is 0.480 e. The van der Waals surface area contributed by atoms with Gasteiger partial charge in [0.1, 0.15) is 18.8 Å². The second-order valence-corrected chi connectivity index (χ2v) is 8.69. The van der Waals surface area contributed by atoms with Gasteiger partial charge in [0.15, 0.2) is 0 Å². The van der Waals surface area contributed by atoms with Crippen LogP contribution in [0.15, 0.2) is 48.5 Å². The first kappa shape index (κ1) is 23.8. The van der Waals surface area contributed by atoms with Crippen molar-refractivity contribution >= 4 is 18.0 Å². The van der Waals surface area contributed by atoms with Gasteiger partial charge in [-0.1, -0.05) is 48.5 Å². The number of carboxylic acids is 1. The smallest absolute Gasteiger partial charge is 0.407 e. The van der Waals surface area contributed by atoms with Crippen LogP contribution in [0.25, 0.3) is 11.1 Å². The normalized spacial score (nSPS) is 19.7. The van der Waals surface area contributed by atoms with Crippen molar-refractivity contribution in [2.75, 3.05) is 26.3 Å². The van der Waals surface area contributed by atoms with E-state index < -0.39 is 24.2 Å². The van der Waals surface area contributed by atoms with Gasteiger partial charge in [0, 0.05) is 31.5 Å². The number of carboxylic acid groups (broad SMARTS) is 1. The fourth-order valence-electron chi connectivity index (χ4n) is 4.90. The molecule has 4 rings (SSSR count). The third-order valence-corrected chi connectivity index (χ3v) is 6.76. The van der Waals surface area contributed by atoms with Gasteiger partial charge in [-0.15, -0.1) is 0 Å². The summed E-state index contributed by atoms with van der Waals surface area (Å²) in [6, 6.07) is 15.3. The molecule has 3 atom stereocenters. The number of benzene rings is 2. The predicted octanol–water partition coefficient (Wildman–Crippen LogP) is 3.25. The number of alkyl carbamates (subject to hydrolysis) is 1. The highest BCUT2D eigenvalue weighted by molar-refractivity contribution is 5.86. The van der Waals surface area contributed by atoms with Crippen molar-refractivity contribution in [3.63, 3.8) is 0 Å². The maximum Gasteiger partial charge on any atom is 0.407 e. The van der Waals surface area contributed by atoms with E-state index in [0.717, 1.165) is 22.3 Å². The predicted molar refractivity (Wildman–Crippen MR) is 125 cm³/mol. The average Bonchev–Trinajstić information content (AvgIpc) is 3.44. The van der Waals surface area contributed by atoms with Crippen LogP contribution >= 0.6 is 0 Å². The van der Waals surface area contributed by atoms with E-state index in [9.17, 15) is 19.5 Å². The first-order valence-corrected chi connectivity index (χ1v) is 11.7. The van der Waals surface area contributed by atoms with Crippen LogP contribution in [0.1, 0.15) is 37.3 Å². The molecule has 2 aromatic rings. The molecule has 1 saturated heterocycles. The van der Waals surface area contributed by atoms with Gasteiger partial charge in [-0.3, -0.25) is 4.79 Å². The van der Waals surface area contributed by atoms with Gasteiger partial charge in [-0.2, -0.15) is 0 Å². The Morgan fingerprint density at radius 1 is 1.12 bits per heavy atom. The molecule has 1 aliphatic carbocycles. The van der Waals surface area contributed by atoms with Crippen molar-refractivity contribution in [3.05, 3.63) is 59.7 Å². The van der Waals surface area contributed by atoms with Gasteiger partial charge in [0.25, 0.3) is 5.91 Å². The Morgan fingerprint density at radius 2 is 1.74 bits per heavy atom. The molecule has 0 spiro atoms. The number of carbonyl (C=O) groups is 3. The lowest BCUT2D eigenvalue weighted by molar-refractivity contribution is -0.154. The Kier molecular flexibility index (Phi) is 7.17. The molecule has 1 heterocycles. The van der Waals surface area contributed by atoms with Crippen molar-refractivity contribution in [2.45, 2.75) is 38.3 Å². The van der Waals surface area contributed by atoms with Crippen molar-refractivity contribution in [2.24, 2.45) is 5.92 Å². The number of rotatable bonds is 8. The minimum atomic E-state index is -1.07. The summed E-state index contributed by atoms with van der Waals surface area (Å²) < 4.78 is 11.2. The van der Waals surface area contributed by atoms with Crippen LogP contribution in [-0.4, -0.2) is 66.4 Å². The third kappa shape index (κ3) is 4.63. The lowest BCUT2D eigenvalue weighted by Crippen LogP contribution is -2.50. The number of hydrogen-bond donors (Lipinski definition) is 2. The van der Waals surface area contributed by atoms with Crippen molar-refractivity contribution < 1.29 is 29.0 Å². The van der Waals surface area contributed by atoms with Crippen LogP contribution in [0, 0.1) is 5.92 Å². The number of likely N-dealkylation sites (N-methyl/N-ethyl adjacent to an activating group) is 1. The molecule has 2 N–H and O–H groups in total. The SMILES string of the molecule is CCN(C(=O)C1OCCC1CNC(=O)OCC1c2ccccc2-c2ccccc21)C(C)C(=O)O. The molecule has 0 saturated carbocycles. The second kappa shape index (κ2) is 10.3. The van der Waals surface area contributed by atoms with E-state index in [-0.39, 0.29) is 37.4 Å². The van der Waals surface area contributed by atoms with Crippen molar-refractivity contribution in [1.82, 2.24) is 10.2 Å². The van der Waals surface area contributed by atoms with E-state index in [1.165, 1.54) is 11.8 Å².